The molecule has 1 fully saturated rings. The van der Waals surface area contributed by atoms with Crippen molar-refractivity contribution in [1.82, 2.24) is 9.88 Å². The number of hydrogen-bond donors (Lipinski definition) is 0. The molecular formula is C23H23F3N2. The molecule has 0 aliphatic carbocycles. The van der Waals surface area contributed by atoms with Crippen molar-refractivity contribution < 1.29 is 13.2 Å². The minimum atomic E-state index is -4.31. The van der Waals surface area contributed by atoms with E-state index in [9.17, 15) is 13.2 Å². The summed E-state index contributed by atoms with van der Waals surface area (Å²) in [7, 11) is 0. The molecule has 3 aromatic rings. The molecule has 0 spiro atoms. The summed E-state index contributed by atoms with van der Waals surface area (Å²) >= 11 is 0. The second kappa shape index (κ2) is 7.55. The van der Waals surface area contributed by atoms with E-state index < -0.39 is 11.7 Å². The van der Waals surface area contributed by atoms with Gasteiger partial charge in [0.05, 0.1) is 11.1 Å². The molecule has 0 unspecified atom stereocenters. The summed E-state index contributed by atoms with van der Waals surface area (Å²) < 4.78 is 38.2. The molecule has 0 saturated carbocycles. The molecule has 0 N–H and O–H groups in total. The molecule has 1 atom stereocenters. The number of halogens is 3. The zero-order chi connectivity index (χ0) is 19.7. The van der Waals surface area contributed by atoms with Gasteiger partial charge in [0.1, 0.15) is 0 Å². The molecule has 146 valence electrons. The Labute approximate surface area is 163 Å². The van der Waals surface area contributed by atoms with Gasteiger partial charge in [-0.05, 0) is 67.8 Å². The van der Waals surface area contributed by atoms with Crippen molar-refractivity contribution in [1.29, 1.82) is 0 Å². The average molecular weight is 384 g/mol. The van der Waals surface area contributed by atoms with E-state index in [1.807, 2.05) is 18.2 Å². The number of fused-ring (bicyclic) bond motifs is 1. The largest absolute Gasteiger partial charge is 0.416 e. The highest BCUT2D eigenvalue weighted by atomic mass is 19.4. The summed E-state index contributed by atoms with van der Waals surface area (Å²) in [5, 5.41) is 0.996. The Morgan fingerprint density at radius 3 is 2.43 bits per heavy atom. The number of aromatic nitrogens is 1. The third-order valence-corrected chi connectivity index (χ3v) is 5.64. The fraction of sp³-hybridized carbons (Fsp3) is 0.348. The van der Waals surface area contributed by atoms with Crippen LogP contribution in [0.5, 0.6) is 0 Å². The normalized spacial score (nSPS) is 18.1. The zero-order valence-corrected chi connectivity index (χ0v) is 15.8. The van der Waals surface area contributed by atoms with Crippen molar-refractivity contribution >= 4 is 10.9 Å². The Kier molecular flexibility index (Phi) is 5.11. The molecular weight excluding hydrogens is 361 g/mol. The summed E-state index contributed by atoms with van der Waals surface area (Å²) in [5.41, 5.74) is 3.02. The van der Waals surface area contributed by atoms with Crippen LogP contribution in [-0.4, -0.2) is 29.0 Å². The predicted octanol–water partition coefficient (Wildman–Crippen LogP) is 5.95. The van der Waals surface area contributed by atoms with Gasteiger partial charge >= 0.3 is 6.18 Å². The Balaban J connectivity index is 1.51. The minimum absolute atomic E-state index is 0.629. The van der Waals surface area contributed by atoms with Gasteiger partial charge in [-0.25, -0.2) is 0 Å². The lowest BCUT2D eigenvalue weighted by atomic mass is 10.0. The van der Waals surface area contributed by atoms with E-state index in [4.69, 9.17) is 4.98 Å². The molecule has 0 radical (unpaired) electrons. The number of alkyl halides is 3. The van der Waals surface area contributed by atoms with E-state index in [2.05, 4.69) is 24.0 Å². The van der Waals surface area contributed by atoms with Crippen LogP contribution in [0, 0.1) is 0 Å². The highest BCUT2D eigenvalue weighted by Gasteiger charge is 2.30. The van der Waals surface area contributed by atoms with Gasteiger partial charge in [-0.3, -0.25) is 4.98 Å². The maximum Gasteiger partial charge on any atom is 0.416 e. The molecule has 1 aliphatic rings. The Morgan fingerprint density at radius 1 is 1.00 bits per heavy atom. The third kappa shape index (κ3) is 4.04. The van der Waals surface area contributed by atoms with Gasteiger partial charge in [0.2, 0.25) is 0 Å². The molecule has 2 heterocycles. The number of hydrogen-bond acceptors (Lipinski definition) is 2. The van der Waals surface area contributed by atoms with Gasteiger partial charge in [0.25, 0.3) is 0 Å². The lowest BCUT2D eigenvalue weighted by Gasteiger charge is -2.20. The maximum atomic E-state index is 12.7. The van der Waals surface area contributed by atoms with Crippen LogP contribution in [0.3, 0.4) is 0 Å². The van der Waals surface area contributed by atoms with Crippen LogP contribution in [0.4, 0.5) is 13.2 Å². The summed E-state index contributed by atoms with van der Waals surface area (Å²) in [6.07, 6.45) is -0.826. The monoisotopic (exact) mass is 384 g/mol. The van der Waals surface area contributed by atoms with E-state index in [1.54, 1.807) is 0 Å². The van der Waals surface area contributed by atoms with Crippen LogP contribution >= 0.6 is 0 Å². The van der Waals surface area contributed by atoms with Crippen molar-refractivity contribution in [3.63, 3.8) is 0 Å². The Hall–Kier alpha value is -2.40. The van der Waals surface area contributed by atoms with Gasteiger partial charge < -0.3 is 4.90 Å². The molecule has 1 aliphatic heterocycles. The fourth-order valence-corrected chi connectivity index (χ4v) is 3.92. The second-order valence-electron chi connectivity index (χ2n) is 7.56. The molecule has 4 rings (SSSR count). The molecule has 1 saturated heterocycles. The van der Waals surface area contributed by atoms with Crippen LogP contribution < -0.4 is 0 Å². The molecule has 0 bridgehead atoms. The molecule has 2 aromatic carbocycles. The predicted molar refractivity (Wildman–Crippen MR) is 106 cm³/mol. The first-order chi connectivity index (χ1) is 13.4. The Bertz CT molecular complexity index is 964. The standard InChI is InChI=1S/C23H23F3N2/c1-16-3-2-13-28(16)14-12-21-10-6-19-15-18(7-11-22(19)27-21)17-4-8-20(9-5-17)23(24,25)26/h4-11,15-16H,2-3,12-14H2,1H3/t16-/m1/s1. The molecule has 1 aromatic heterocycles. The van der Waals surface area contributed by atoms with E-state index in [1.165, 1.54) is 31.5 Å². The summed E-state index contributed by atoms with van der Waals surface area (Å²) in [4.78, 5) is 7.28. The summed E-state index contributed by atoms with van der Waals surface area (Å²) in [6, 6.07) is 15.9. The highest BCUT2D eigenvalue weighted by molar-refractivity contribution is 5.84. The van der Waals surface area contributed by atoms with Crippen molar-refractivity contribution in [2.24, 2.45) is 0 Å². The fourth-order valence-electron chi connectivity index (χ4n) is 3.92. The first-order valence-corrected chi connectivity index (χ1v) is 9.71. The first-order valence-electron chi connectivity index (χ1n) is 9.71. The number of rotatable bonds is 4. The van der Waals surface area contributed by atoms with Crippen LogP contribution in [-0.2, 0) is 12.6 Å². The lowest BCUT2D eigenvalue weighted by Crippen LogP contribution is -2.29. The second-order valence-corrected chi connectivity index (χ2v) is 7.56. The molecule has 5 heteroatoms. The topological polar surface area (TPSA) is 16.1 Å². The van der Waals surface area contributed by atoms with E-state index in [0.717, 1.165) is 52.8 Å². The number of likely N-dealkylation sites (tertiary alicyclic amines) is 1. The van der Waals surface area contributed by atoms with Gasteiger partial charge in [-0.2, -0.15) is 13.2 Å². The zero-order valence-electron chi connectivity index (χ0n) is 15.8. The van der Waals surface area contributed by atoms with Gasteiger partial charge in [0, 0.05) is 30.1 Å². The highest BCUT2D eigenvalue weighted by Crippen LogP contribution is 2.31. The first kappa shape index (κ1) is 18.9. The van der Waals surface area contributed by atoms with Gasteiger partial charge in [-0.15, -0.1) is 0 Å². The average Bonchev–Trinajstić information content (AvgIpc) is 3.10. The van der Waals surface area contributed by atoms with Crippen LogP contribution in [0.25, 0.3) is 22.0 Å². The summed E-state index contributed by atoms with van der Waals surface area (Å²) in [5.74, 6) is 0. The molecule has 0 amide bonds. The lowest BCUT2D eigenvalue weighted by molar-refractivity contribution is -0.137. The quantitative estimate of drug-likeness (QED) is 0.553. The van der Waals surface area contributed by atoms with E-state index in [0.29, 0.717) is 6.04 Å². The van der Waals surface area contributed by atoms with E-state index >= 15 is 0 Å². The van der Waals surface area contributed by atoms with Gasteiger partial charge in [0.15, 0.2) is 0 Å². The van der Waals surface area contributed by atoms with Gasteiger partial charge in [-0.1, -0.05) is 24.3 Å². The van der Waals surface area contributed by atoms with Crippen molar-refractivity contribution in [2.45, 2.75) is 38.4 Å². The molecule has 28 heavy (non-hydrogen) atoms. The summed E-state index contributed by atoms with van der Waals surface area (Å²) in [6.45, 7) is 4.48. The third-order valence-electron chi connectivity index (χ3n) is 5.64. The molecule has 2 nitrogen and oxygen atoms in total. The Morgan fingerprint density at radius 2 is 1.75 bits per heavy atom. The van der Waals surface area contributed by atoms with Crippen molar-refractivity contribution in [2.75, 3.05) is 13.1 Å². The SMILES string of the molecule is C[C@@H]1CCCN1CCc1ccc2cc(-c3ccc(C(F)(F)F)cc3)ccc2n1. The number of nitrogens with zero attached hydrogens (tertiary/aromatic N) is 2. The van der Waals surface area contributed by atoms with Crippen LogP contribution in [0.1, 0.15) is 31.0 Å². The van der Waals surface area contributed by atoms with Crippen LogP contribution in [0.15, 0.2) is 54.6 Å². The van der Waals surface area contributed by atoms with Crippen LogP contribution in [0.2, 0.25) is 0 Å². The smallest absolute Gasteiger partial charge is 0.300 e. The van der Waals surface area contributed by atoms with E-state index in [-0.39, 0.29) is 0 Å². The number of pyridine rings is 1. The maximum absolute atomic E-state index is 12.7. The minimum Gasteiger partial charge on any atom is -0.300 e. The number of benzene rings is 2. The van der Waals surface area contributed by atoms with Crippen molar-refractivity contribution in [3.8, 4) is 11.1 Å². The van der Waals surface area contributed by atoms with Crippen molar-refractivity contribution in [3.05, 3.63) is 65.9 Å².